The fourth-order valence-corrected chi connectivity index (χ4v) is 3.16. The zero-order valence-corrected chi connectivity index (χ0v) is 9.79. The van der Waals surface area contributed by atoms with E-state index >= 15 is 0 Å². The Morgan fingerprint density at radius 2 is 1.88 bits per heavy atom. The molecule has 1 atom stereocenters. The van der Waals surface area contributed by atoms with Crippen molar-refractivity contribution in [1.29, 1.82) is 0 Å². The summed E-state index contributed by atoms with van der Waals surface area (Å²) in [6, 6.07) is 0. The van der Waals surface area contributed by atoms with Crippen molar-refractivity contribution in [2.24, 2.45) is 17.6 Å². The van der Waals surface area contributed by atoms with Crippen LogP contribution in [0.5, 0.6) is 0 Å². The number of nitrogens with zero attached hydrogens (tertiary/aromatic N) is 1. The van der Waals surface area contributed by atoms with Gasteiger partial charge in [0.15, 0.2) is 0 Å². The van der Waals surface area contributed by atoms with Gasteiger partial charge in [-0.25, -0.2) is 8.78 Å². The van der Waals surface area contributed by atoms with E-state index in [1.807, 2.05) is 0 Å². The number of halogens is 2. The summed E-state index contributed by atoms with van der Waals surface area (Å²) in [4.78, 5) is 13.7. The molecule has 2 saturated carbocycles. The van der Waals surface area contributed by atoms with Crippen molar-refractivity contribution >= 4 is 5.91 Å². The Bertz CT molecular complexity index is 348. The molecule has 0 aromatic carbocycles. The second-order valence-corrected chi connectivity index (χ2v) is 6.00. The van der Waals surface area contributed by atoms with Crippen LogP contribution in [-0.2, 0) is 4.79 Å². The molecule has 3 rings (SSSR count). The van der Waals surface area contributed by atoms with Crippen molar-refractivity contribution in [1.82, 2.24) is 4.90 Å². The summed E-state index contributed by atoms with van der Waals surface area (Å²) in [5.41, 5.74) is 5.93. The lowest BCUT2D eigenvalue weighted by atomic mass is 9.84. The first kappa shape index (κ1) is 11.4. The van der Waals surface area contributed by atoms with Crippen LogP contribution in [0.4, 0.5) is 8.78 Å². The van der Waals surface area contributed by atoms with Gasteiger partial charge in [-0.1, -0.05) is 0 Å². The number of nitrogens with two attached hydrogens (primary N) is 1. The monoisotopic (exact) mass is 244 g/mol. The molecule has 2 aliphatic carbocycles. The normalized spacial score (nSPS) is 34.5. The summed E-state index contributed by atoms with van der Waals surface area (Å²) in [7, 11) is 0. The van der Waals surface area contributed by atoms with Crippen LogP contribution in [0, 0.1) is 11.8 Å². The minimum Gasteiger partial charge on any atom is -0.339 e. The Kier molecular flexibility index (Phi) is 2.28. The first-order valence-electron chi connectivity index (χ1n) is 6.35. The van der Waals surface area contributed by atoms with E-state index in [2.05, 4.69) is 0 Å². The Morgan fingerprint density at radius 3 is 2.35 bits per heavy atom. The highest BCUT2D eigenvalue weighted by Crippen LogP contribution is 2.45. The van der Waals surface area contributed by atoms with E-state index in [0.29, 0.717) is 25.4 Å². The summed E-state index contributed by atoms with van der Waals surface area (Å²) in [6.07, 6.45) is 2.21. The minimum atomic E-state index is -2.64. The molecular formula is C12H18F2N2O. The molecule has 0 aromatic rings. The molecule has 1 saturated heterocycles. The predicted octanol–water partition coefficient (Wildman–Crippen LogP) is 1.37. The maximum absolute atomic E-state index is 13.0. The second kappa shape index (κ2) is 3.40. The number of carbonyl (C=O) groups excluding carboxylic acids is 1. The Labute approximate surface area is 99.3 Å². The highest BCUT2D eigenvalue weighted by molar-refractivity contribution is 5.80. The average Bonchev–Trinajstić information content (AvgIpc) is 2.98. The fraction of sp³-hybridized carbons (Fsp3) is 0.917. The third kappa shape index (κ3) is 1.94. The van der Waals surface area contributed by atoms with Crippen LogP contribution in [0.2, 0.25) is 0 Å². The molecule has 5 heteroatoms. The first-order chi connectivity index (χ1) is 7.90. The van der Waals surface area contributed by atoms with E-state index < -0.39 is 11.8 Å². The van der Waals surface area contributed by atoms with Gasteiger partial charge in [0.05, 0.1) is 5.54 Å². The van der Waals surface area contributed by atoms with Gasteiger partial charge in [-0.05, 0) is 25.2 Å². The Balaban J connectivity index is 1.55. The van der Waals surface area contributed by atoms with Crippen molar-refractivity contribution in [2.75, 3.05) is 13.1 Å². The standard InChI is InChI=1S/C12H18F2N2O/c13-12(14)4-3-8(5-12)10(17)16-6-11(15,7-16)9-1-2-9/h8-9H,1-7,15H2. The molecular weight excluding hydrogens is 226 g/mol. The maximum atomic E-state index is 13.0. The van der Waals surface area contributed by atoms with Gasteiger partial charge in [-0.2, -0.15) is 0 Å². The van der Waals surface area contributed by atoms with Gasteiger partial charge in [0, 0.05) is 31.8 Å². The molecule has 0 spiro atoms. The van der Waals surface area contributed by atoms with E-state index in [1.54, 1.807) is 4.90 Å². The van der Waals surface area contributed by atoms with E-state index in [1.165, 1.54) is 0 Å². The topological polar surface area (TPSA) is 46.3 Å². The van der Waals surface area contributed by atoms with Crippen LogP contribution >= 0.6 is 0 Å². The lowest BCUT2D eigenvalue weighted by molar-refractivity contribution is -0.144. The zero-order chi connectivity index (χ0) is 12.3. The molecule has 1 aliphatic heterocycles. The number of alkyl halides is 2. The van der Waals surface area contributed by atoms with Crippen molar-refractivity contribution in [3.63, 3.8) is 0 Å². The number of likely N-dealkylation sites (tertiary alicyclic amines) is 1. The summed E-state index contributed by atoms with van der Waals surface area (Å²) in [5, 5.41) is 0. The summed E-state index contributed by atoms with van der Waals surface area (Å²) >= 11 is 0. The molecule has 0 radical (unpaired) electrons. The third-order valence-electron chi connectivity index (χ3n) is 4.43. The molecule has 1 unspecified atom stereocenters. The van der Waals surface area contributed by atoms with Crippen molar-refractivity contribution < 1.29 is 13.6 Å². The van der Waals surface area contributed by atoms with Crippen LogP contribution < -0.4 is 5.73 Å². The lowest BCUT2D eigenvalue weighted by Crippen LogP contribution is -2.70. The number of carbonyl (C=O) groups is 1. The highest BCUT2D eigenvalue weighted by Gasteiger charge is 2.53. The lowest BCUT2D eigenvalue weighted by Gasteiger charge is -2.49. The van der Waals surface area contributed by atoms with Crippen molar-refractivity contribution in [3.05, 3.63) is 0 Å². The molecule has 3 fully saturated rings. The van der Waals surface area contributed by atoms with Crippen LogP contribution in [0.1, 0.15) is 32.1 Å². The van der Waals surface area contributed by atoms with Crippen molar-refractivity contribution in [3.8, 4) is 0 Å². The van der Waals surface area contributed by atoms with Gasteiger partial charge in [0.2, 0.25) is 11.8 Å². The van der Waals surface area contributed by atoms with Gasteiger partial charge in [0.25, 0.3) is 0 Å². The predicted molar refractivity (Wildman–Crippen MR) is 58.5 cm³/mol. The van der Waals surface area contributed by atoms with Gasteiger partial charge in [-0.15, -0.1) is 0 Å². The van der Waals surface area contributed by atoms with Crippen molar-refractivity contribution in [2.45, 2.75) is 43.6 Å². The van der Waals surface area contributed by atoms with Crippen LogP contribution in [-0.4, -0.2) is 35.4 Å². The van der Waals surface area contributed by atoms with Gasteiger partial charge >= 0.3 is 0 Å². The first-order valence-corrected chi connectivity index (χ1v) is 6.35. The van der Waals surface area contributed by atoms with Gasteiger partial charge in [-0.3, -0.25) is 4.79 Å². The quantitative estimate of drug-likeness (QED) is 0.797. The van der Waals surface area contributed by atoms with Crippen LogP contribution in [0.25, 0.3) is 0 Å². The summed E-state index contributed by atoms with van der Waals surface area (Å²) in [5.74, 6) is -2.67. The number of hydrogen-bond acceptors (Lipinski definition) is 2. The Hall–Kier alpha value is -0.710. The molecule has 2 N–H and O–H groups in total. The molecule has 17 heavy (non-hydrogen) atoms. The zero-order valence-electron chi connectivity index (χ0n) is 9.79. The molecule has 3 nitrogen and oxygen atoms in total. The van der Waals surface area contributed by atoms with E-state index in [4.69, 9.17) is 5.73 Å². The summed E-state index contributed by atoms with van der Waals surface area (Å²) in [6.45, 7) is 1.14. The van der Waals surface area contributed by atoms with Crippen LogP contribution in [0.3, 0.4) is 0 Å². The van der Waals surface area contributed by atoms with E-state index in [9.17, 15) is 13.6 Å². The maximum Gasteiger partial charge on any atom is 0.248 e. The van der Waals surface area contributed by atoms with Crippen LogP contribution in [0.15, 0.2) is 0 Å². The smallest absolute Gasteiger partial charge is 0.248 e. The molecule has 0 bridgehead atoms. The van der Waals surface area contributed by atoms with E-state index in [0.717, 1.165) is 12.8 Å². The number of hydrogen-bond donors (Lipinski definition) is 1. The number of rotatable bonds is 2. The minimum absolute atomic E-state index is 0.107. The molecule has 0 aromatic heterocycles. The molecule has 3 aliphatic rings. The molecule has 96 valence electrons. The van der Waals surface area contributed by atoms with E-state index in [-0.39, 0.29) is 24.3 Å². The largest absolute Gasteiger partial charge is 0.339 e. The summed E-state index contributed by atoms with van der Waals surface area (Å²) < 4.78 is 26.1. The third-order valence-corrected chi connectivity index (χ3v) is 4.43. The molecule has 1 heterocycles. The number of amides is 1. The fourth-order valence-electron chi connectivity index (χ4n) is 3.16. The Morgan fingerprint density at radius 1 is 1.24 bits per heavy atom. The highest BCUT2D eigenvalue weighted by atomic mass is 19.3. The average molecular weight is 244 g/mol. The second-order valence-electron chi connectivity index (χ2n) is 6.00. The van der Waals surface area contributed by atoms with Gasteiger partial charge < -0.3 is 10.6 Å². The van der Waals surface area contributed by atoms with Gasteiger partial charge in [0.1, 0.15) is 0 Å². The SMILES string of the molecule is NC1(C2CC2)CN(C(=O)C2CCC(F)(F)C2)C1. The molecule has 1 amide bonds.